The van der Waals surface area contributed by atoms with Crippen LogP contribution < -0.4 is 15.4 Å². The molecule has 0 bridgehead atoms. The number of carboxylic acids is 1. The smallest absolute Gasteiger partial charge is 0.339 e. The molecule has 0 heterocycles. The highest BCUT2D eigenvalue weighted by atomic mass is 16.5. The second-order valence-corrected chi connectivity index (χ2v) is 3.88. The minimum atomic E-state index is -1.01. The maximum absolute atomic E-state index is 10.9. The summed E-state index contributed by atoms with van der Waals surface area (Å²) in [6.07, 6.45) is 0. The van der Waals surface area contributed by atoms with Gasteiger partial charge in [-0.1, -0.05) is 12.1 Å². The summed E-state index contributed by atoms with van der Waals surface area (Å²) in [5.74, 6) is -0.707. The maximum Gasteiger partial charge on any atom is 0.339 e. The van der Waals surface area contributed by atoms with E-state index in [0.717, 1.165) is 0 Å². The first-order chi connectivity index (χ1) is 9.11. The molecule has 19 heavy (non-hydrogen) atoms. The summed E-state index contributed by atoms with van der Waals surface area (Å²) in [7, 11) is 0. The number of benzene rings is 1. The van der Waals surface area contributed by atoms with Gasteiger partial charge in [0.05, 0.1) is 0 Å². The molecule has 0 atom stereocenters. The Morgan fingerprint density at radius 1 is 1.21 bits per heavy atom. The number of ether oxygens (including phenoxy) is 1. The fraction of sp³-hybridized carbons (Fsp3) is 0.385. The van der Waals surface area contributed by atoms with E-state index >= 15 is 0 Å². The number of carbonyl (C=O) groups excluding carboxylic acids is 1. The van der Waals surface area contributed by atoms with Crippen LogP contribution in [0.3, 0.4) is 0 Å². The van der Waals surface area contributed by atoms with Crippen LogP contribution in [-0.4, -0.2) is 43.2 Å². The Kier molecular flexibility index (Phi) is 6.38. The van der Waals surface area contributed by atoms with Gasteiger partial charge in [0, 0.05) is 26.6 Å². The molecule has 1 amide bonds. The number of para-hydroxylation sites is 1. The largest absolute Gasteiger partial charge is 0.491 e. The molecule has 1 aromatic rings. The normalized spacial score (nSPS) is 9.95. The summed E-state index contributed by atoms with van der Waals surface area (Å²) < 4.78 is 5.40. The third kappa shape index (κ3) is 5.87. The van der Waals surface area contributed by atoms with E-state index in [-0.39, 0.29) is 11.5 Å². The van der Waals surface area contributed by atoms with Crippen molar-refractivity contribution in [2.24, 2.45) is 0 Å². The van der Waals surface area contributed by atoms with Gasteiger partial charge in [0.25, 0.3) is 0 Å². The van der Waals surface area contributed by atoms with Gasteiger partial charge in [0.2, 0.25) is 5.91 Å². The van der Waals surface area contributed by atoms with Gasteiger partial charge in [-0.15, -0.1) is 0 Å². The van der Waals surface area contributed by atoms with Crippen LogP contribution in [0.5, 0.6) is 5.75 Å². The highest BCUT2D eigenvalue weighted by Gasteiger charge is 2.09. The lowest BCUT2D eigenvalue weighted by atomic mass is 10.2. The molecule has 0 aliphatic heterocycles. The summed E-state index contributed by atoms with van der Waals surface area (Å²) >= 11 is 0. The van der Waals surface area contributed by atoms with E-state index in [2.05, 4.69) is 10.6 Å². The van der Waals surface area contributed by atoms with Crippen LogP contribution >= 0.6 is 0 Å². The minimum absolute atomic E-state index is 0.0616. The number of amides is 1. The molecule has 1 rings (SSSR count). The second-order valence-electron chi connectivity index (χ2n) is 3.88. The van der Waals surface area contributed by atoms with Gasteiger partial charge >= 0.3 is 5.97 Å². The third-order valence-corrected chi connectivity index (χ3v) is 2.33. The Morgan fingerprint density at radius 3 is 2.63 bits per heavy atom. The molecule has 0 fully saturated rings. The predicted molar refractivity (Wildman–Crippen MR) is 70.4 cm³/mol. The number of rotatable bonds is 8. The van der Waals surface area contributed by atoms with Crippen LogP contribution in [-0.2, 0) is 4.79 Å². The summed E-state index contributed by atoms with van der Waals surface area (Å²) in [6, 6.07) is 6.51. The Bertz CT molecular complexity index is 434. The fourth-order valence-corrected chi connectivity index (χ4v) is 1.45. The number of hydrogen-bond donors (Lipinski definition) is 3. The molecule has 104 valence electrons. The van der Waals surface area contributed by atoms with Crippen LogP contribution in [0, 0.1) is 0 Å². The molecule has 0 saturated heterocycles. The van der Waals surface area contributed by atoms with E-state index in [4.69, 9.17) is 9.84 Å². The zero-order valence-corrected chi connectivity index (χ0v) is 10.8. The van der Waals surface area contributed by atoms with E-state index in [9.17, 15) is 9.59 Å². The average molecular weight is 266 g/mol. The first-order valence-electron chi connectivity index (χ1n) is 6.01. The van der Waals surface area contributed by atoms with Crippen molar-refractivity contribution in [3.8, 4) is 5.75 Å². The first kappa shape index (κ1) is 15.0. The van der Waals surface area contributed by atoms with Gasteiger partial charge in [-0.2, -0.15) is 0 Å². The summed E-state index contributed by atoms with van der Waals surface area (Å²) in [4.78, 5) is 21.5. The van der Waals surface area contributed by atoms with E-state index < -0.39 is 5.97 Å². The van der Waals surface area contributed by atoms with Gasteiger partial charge in [-0.25, -0.2) is 4.79 Å². The molecule has 6 nitrogen and oxygen atoms in total. The van der Waals surface area contributed by atoms with Crippen molar-refractivity contribution in [2.75, 3.05) is 26.2 Å². The van der Waals surface area contributed by atoms with E-state index in [1.807, 2.05) is 0 Å². The Balaban J connectivity index is 2.23. The Hall–Kier alpha value is -2.08. The zero-order valence-electron chi connectivity index (χ0n) is 10.8. The highest BCUT2D eigenvalue weighted by molar-refractivity contribution is 5.90. The first-order valence-corrected chi connectivity index (χ1v) is 6.01. The molecule has 0 saturated carbocycles. The van der Waals surface area contributed by atoms with Crippen molar-refractivity contribution in [2.45, 2.75) is 6.92 Å². The van der Waals surface area contributed by atoms with Crippen LogP contribution in [0.1, 0.15) is 17.3 Å². The van der Waals surface area contributed by atoms with Crippen molar-refractivity contribution >= 4 is 11.9 Å². The Labute approximate surface area is 111 Å². The number of carbonyl (C=O) groups is 2. The van der Waals surface area contributed by atoms with Crippen molar-refractivity contribution in [1.82, 2.24) is 10.6 Å². The van der Waals surface area contributed by atoms with E-state index in [1.54, 1.807) is 18.2 Å². The highest BCUT2D eigenvalue weighted by Crippen LogP contribution is 2.17. The van der Waals surface area contributed by atoms with Crippen molar-refractivity contribution in [1.29, 1.82) is 0 Å². The van der Waals surface area contributed by atoms with Gasteiger partial charge in [-0.3, -0.25) is 4.79 Å². The van der Waals surface area contributed by atoms with Gasteiger partial charge in [-0.05, 0) is 12.1 Å². The topological polar surface area (TPSA) is 87.7 Å². The number of nitrogens with one attached hydrogen (secondary N) is 2. The molecule has 0 radical (unpaired) electrons. The molecule has 0 aliphatic carbocycles. The minimum Gasteiger partial charge on any atom is -0.491 e. The number of hydrogen-bond acceptors (Lipinski definition) is 4. The van der Waals surface area contributed by atoms with Gasteiger partial charge in [0.15, 0.2) is 0 Å². The van der Waals surface area contributed by atoms with Gasteiger partial charge in [0.1, 0.15) is 17.9 Å². The monoisotopic (exact) mass is 266 g/mol. The van der Waals surface area contributed by atoms with Crippen LogP contribution in [0.15, 0.2) is 24.3 Å². The molecule has 0 spiro atoms. The summed E-state index contributed by atoms with van der Waals surface area (Å²) in [5.41, 5.74) is 0.153. The fourth-order valence-electron chi connectivity index (χ4n) is 1.45. The lowest BCUT2D eigenvalue weighted by molar-refractivity contribution is -0.118. The lowest BCUT2D eigenvalue weighted by Gasteiger charge is -2.09. The van der Waals surface area contributed by atoms with E-state index in [1.165, 1.54) is 13.0 Å². The van der Waals surface area contributed by atoms with Gasteiger partial charge < -0.3 is 20.5 Å². The van der Waals surface area contributed by atoms with Crippen LogP contribution in [0.4, 0.5) is 0 Å². The third-order valence-electron chi connectivity index (χ3n) is 2.33. The second kappa shape index (κ2) is 8.10. The quantitative estimate of drug-likeness (QED) is 0.596. The van der Waals surface area contributed by atoms with Crippen molar-refractivity contribution < 1.29 is 19.4 Å². The standard InChI is InChI=1S/C13H18N2O4/c1-10(16)15-7-6-14-8-9-19-12-5-3-2-4-11(12)13(17)18/h2-5,14H,6-9H2,1H3,(H,15,16)(H,17,18). The molecule has 0 aliphatic rings. The summed E-state index contributed by atoms with van der Waals surface area (Å²) in [6.45, 7) is 3.61. The maximum atomic E-state index is 10.9. The van der Waals surface area contributed by atoms with Crippen LogP contribution in [0.25, 0.3) is 0 Å². The Morgan fingerprint density at radius 2 is 1.95 bits per heavy atom. The molecule has 0 unspecified atom stereocenters. The van der Waals surface area contributed by atoms with Crippen molar-refractivity contribution in [3.05, 3.63) is 29.8 Å². The molecular formula is C13H18N2O4. The molecule has 3 N–H and O–H groups in total. The number of aromatic carboxylic acids is 1. The molecular weight excluding hydrogens is 248 g/mol. The van der Waals surface area contributed by atoms with Crippen molar-refractivity contribution in [3.63, 3.8) is 0 Å². The average Bonchev–Trinajstić information content (AvgIpc) is 2.37. The molecule has 6 heteroatoms. The SMILES string of the molecule is CC(=O)NCCNCCOc1ccccc1C(=O)O. The zero-order chi connectivity index (χ0) is 14.1. The lowest BCUT2D eigenvalue weighted by Crippen LogP contribution is -2.32. The predicted octanol–water partition coefficient (Wildman–Crippen LogP) is 0.489. The molecule has 0 aromatic heterocycles. The number of carboxylic acid groups (broad SMARTS) is 1. The van der Waals surface area contributed by atoms with E-state index in [0.29, 0.717) is 32.0 Å². The molecule has 1 aromatic carbocycles. The summed E-state index contributed by atoms with van der Waals surface area (Å²) in [5, 5.41) is 14.7. The van der Waals surface area contributed by atoms with Crippen LogP contribution in [0.2, 0.25) is 0 Å².